The first kappa shape index (κ1) is 27.0. The summed E-state index contributed by atoms with van der Waals surface area (Å²) in [6.07, 6.45) is 4.78. The third kappa shape index (κ3) is 5.45. The van der Waals surface area contributed by atoms with Crippen LogP contribution in [-0.2, 0) is 20.7 Å². The molecule has 1 aliphatic rings. The van der Waals surface area contributed by atoms with Crippen LogP contribution >= 0.6 is 12.2 Å². The van der Waals surface area contributed by atoms with Gasteiger partial charge in [-0.2, -0.15) is 0 Å². The zero-order valence-corrected chi connectivity index (χ0v) is 22.9. The predicted octanol–water partition coefficient (Wildman–Crippen LogP) is 5.44. The summed E-state index contributed by atoms with van der Waals surface area (Å²) in [4.78, 5) is 39.7. The third-order valence-corrected chi connectivity index (χ3v) is 6.81. The molecule has 0 atom stereocenters. The van der Waals surface area contributed by atoms with Gasteiger partial charge < -0.3 is 9.30 Å². The first-order valence-corrected chi connectivity index (χ1v) is 13.1. The molecule has 1 aliphatic heterocycles. The number of esters is 1. The van der Waals surface area contributed by atoms with E-state index in [4.69, 9.17) is 17.0 Å². The Morgan fingerprint density at radius 3 is 2.29 bits per heavy atom. The summed E-state index contributed by atoms with van der Waals surface area (Å²) in [5.41, 5.74) is 5.62. The van der Waals surface area contributed by atoms with Crippen LogP contribution < -0.4 is 10.2 Å². The van der Waals surface area contributed by atoms with Crippen LogP contribution in [0, 0.1) is 13.8 Å². The number of carbonyl (C=O) groups excluding carboxylic acids is 3. The van der Waals surface area contributed by atoms with E-state index in [1.54, 1.807) is 25.1 Å². The highest BCUT2D eigenvalue weighted by Crippen LogP contribution is 2.27. The smallest absolute Gasteiger partial charge is 0.338 e. The largest absolute Gasteiger partial charge is 0.462 e. The Bertz CT molecular complexity index is 1420. The van der Waals surface area contributed by atoms with Gasteiger partial charge in [-0.05, 0) is 105 Å². The summed E-state index contributed by atoms with van der Waals surface area (Å²) in [7, 11) is 0. The van der Waals surface area contributed by atoms with E-state index in [1.165, 1.54) is 10.5 Å². The lowest BCUT2D eigenvalue weighted by molar-refractivity contribution is -0.122. The Kier molecular flexibility index (Phi) is 8.22. The second-order valence-electron chi connectivity index (χ2n) is 9.16. The second-order valence-corrected chi connectivity index (χ2v) is 9.54. The number of aromatic nitrogens is 1. The summed E-state index contributed by atoms with van der Waals surface area (Å²) in [5, 5.41) is 2.72. The molecule has 1 saturated heterocycles. The Morgan fingerprint density at radius 2 is 1.66 bits per heavy atom. The van der Waals surface area contributed by atoms with Crippen LogP contribution in [0.5, 0.6) is 0 Å². The van der Waals surface area contributed by atoms with Crippen molar-refractivity contribution in [1.82, 2.24) is 9.88 Å². The van der Waals surface area contributed by atoms with E-state index < -0.39 is 11.8 Å². The Balaban J connectivity index is 1.64. The minimum atomic E-state index is -0.528. The number of hydrogen-bond donors (Lipinski definition) is 1. The van der Waals surface area contributed by atoms with E-state index in [0.29, 0.717) is 17.9 Å². The standard InChI is InChI=1S/C30H31N3O4S/c1-5-7-8-21-9-13-25(14-10-21)33-28(35)26(27(34)31-30(33)38)18-23-17-19(3)32(20(23)4)24-15-11-22(12-16-24)29(36)37-6-2/h9-18H,5-8H2,1-4H3,(H,31,34,38)/b26-18-. The molecule has 4 rings (SSSR count). The van der Waals surface area contributed by atoms with Crippen molar-refractivity contribution in [1.29, 1.82) is 0 Å². The molecule has 0 spiro atoms. The van der Waals surface area contributed by atoms with Gasteiger partial charge in [0.25, 0.3) is 11.8 Å². The number of nitrogens with zero attached hydrogens (tertiary/aromatic N) is 2. The highest BCUT2D eigenvalue weighted by atomic mass is 32.1. The number of nitrogens with one attached hydrogen (secondary N) is 1. The van der Waals surface area contributed by atoms with E-state index in [9.17, 15) is 14.4 Å². The molecule has 0 saturated carbocycles. The number of amides is 2. The van der Waals surface area contributed by atoms with Crippen molar-refractivity contribution >= 4 is 46.9 Å². The maximum atomic E-state index is 13.5. The lowest BCUT2D eigenvalue weighted by atomic mass is 10.1. The Hall–Kier alpha value is -4.04. The fraction of sp³-hybridized carbons (Fsp3) is 0.267. The highest BCUT2D eigenvalue weighted by molar-refractivity contribution is 7.80. The van der Waals surface area contributed by atoms with Gasteiger partial charge in [-0.15, -0.1) is 0 Å². The molecule has 8 heteroatoms. The average molecular weight is 530 g/mol. The van der Waals surface area contributed by atoms with E-state index in [1.807, 2.05) is 60.9 Å². The van der Waals surface area contributed by atoms with Crippen LogP contribution in [-0.4, -0.2) is 34.1 Å². The molecule has 0 unspecified atom stereocenters. The van der Waals surface area contributed by atoms with Gasteiger partial charge in [0.05, 0.1) is 17.9 Å². The number of unbranched alkanes of at least 4 members (excludes halogenated alkanes) is 1. The molecule has 2 aromatic carbocycles. The maximum Gasteiger partial charge on any atom is 0.338 e. The van der Waals surface area contributed by atoms with Crippen LogP contribution in [0.4, 0.5) is 5.69 Å². The predicted molar refractivity (Wildman–Crippen MR) is 152 cm³/mol. The number of benzene rings is 2. The van der Waals surface area contributed by atoms with E-state index in [-0.39, 0.29) is 16.7 Å². The molecule has 1 aromatic heterocycles. The fourth-order valence-corrected chi connectivity index (χ4v) is 4.81. The Morgan fingerprint density at radius 1 is 1.00 bits per heavy atom. The topological polar surface area (TPSA) is 80.6 Å². The summed E-state index contributed by atoms with van der Waals surface area (Å²) in [6, 6.07) is 16.7. The molecule has 38 heavy (non-hydrogen) atoms. The summed E-state index contributed by atoms with van der Waals surface area (Å²) in [6.45, 7) is 8.09. The summed E-state index contributed by atoms with van der Waals surface area (Å²) < 4.78 is 7.07. The van der Waals surface area contributed by atoms with Gasteiger partial charge in [-0.25, -0.2) is 4.79 Å². The zero-order valence-electron chi connectivity index (χ0n) is 22.0. The summed E-state index contributed by atoms with van der Waals surface area (Å²) in [5.74, 6) is -1.37. The highest BCUT2D eigenvalue weighted by Gasteiger charge is 2.34. The van der Waals surface area contributed by atoms with Crippen LogP contribution in [0.25, 0.3) is 11.8 Å². The molecule has 2 heterocycles. The van der Waals surface area contributed by atoms with Crippen LogP contribution in [0.2, 0.25) is 0 Å². The molecule has 1 fully saturated rings. The van der Waals surface area contributed by atoms with Gasteiger partial charge in [0.1, 0.15) is 5.57 Å². The first-order chi connectivity index (χ1) is 18.2. The third-order valence-electron chi connectivity index (χ3n) is 6.52. The molecule has 0 aliphatic carbocycles. The molecule has 1 N–H and O–H groups in total. The van der Waals surface area contributed by atoms with Crippen LogP contribution in [0.1, 0.15) is 59.6 Å². The number of carbonyl (C=O) groups is 3. The number of ether oxygens (including phenoxy) is 1. The minimum absolute atomic E-state index is 0.00608. The van der Waals surface area contributed by atoms with Gasteiger partial charge in [0, 0.05) is 17.1 Å². The monoisotopic (exact) mass is 529 g/mol. The van der Waals surface area contributed by atoms with Crippen molar-refractivity contribution in [3.05, 3.63) is 88.2 Å². The number of thiocarbonyl (C=S) groups is 1. The average Bonchev–Trinajstić information content (AvgIpc) is 3.18. The van der Waals surface area contributed by atoms with Crippen molar-refractivity contribution in [2.24, 2.45) is 0 Å². The molecule has 0 radical (unpaired) electrons. The SMILES string of the molecule is CCCCc1ccc(N2C(=O)/C(=C\c3cc(C)n(-c4ccc(C(=O)OCC)cc4)c3C)C(=O)NC2=S)cc1. The van der Waals surface area contributed by atoms with Gasteiger partial charge in [0.2, 0.25) is 0 Å². The van der Waals surface area contributed by atoms with E-state index in [2.05, 4.69) is 12.2 Å². The van der Waals surface area contributed by atoms with E-state index >= 15 is 0 Å². The molecule has 196 valence electrons. The lowest BCUT2D eigenvalue weighted by Gasteiger charge is -2.29. The maximum absolute atomic E-state index is 13.5. The zero-order chi connectivity index (χ0) is 27.4. The number of anilines is 1. The second kappa shape index (κ2) is 11.6. The molecule has 3 aromatic rings. The molecule has 0 bridgehead atoms. The molecular weight excluding hydrogens is 498 g/mol. The number of hydrogen-bond acceptors (Lipinski definition) is 5. The van der Waals surface area contributed by atoms with Gasteiger partial charge in [-0.1, -0.05) is 25.5 Å². The van der Waals surface area contributed by atoms with Crippen LogP contribution in [0.3, 0.4) is 0 Å². The molecule has 7 nitrogen and oxygen atoms in total. The quantitative estimate of drug-likeness (QED) is 0.182. The first-order valence-electron chi connectivity index (χ1n) is 12.7. The van der Waals surface area contributed by atoms with Crippen molar-refractivity contribution in [2.75, 3.05) is 11.5 Å². The minimum Gasteiger partial charge on any atom is -0.462 e. The van der Waals surface area contributed by atoms with Gasteiger partial charge >= 0.3 is 5.97 Å². The molecular formula is C30H31N3O4S. The number of aryl methyl sites for hydroxylation is 2. The normalized spacial score (nSPS) is 14.7. The van der Waals surface area contributed by atoms with Crippen molar-refractivity contribution in [2.45, 2.75) is 47.0 Å². The van der Waals surface area contributed by atoms with Crippen LogP contribution in [0.15, 0.2) is 60.2 Å². The van der Waals surface area contributed by atoms with Crippen molar-refractivity contribution in [3.8, 4) is 5.69 Å². The van der Waals surface area contributed by atoms with Gasteiger partial charge in [0.15, 0.2) is 5.11 Å². The fourth-order valence-electron chi connectivity index (χ4n) is 4.53. The van der Waals surface area contributed by atoms with E-state index in [0.717, 1.165) is 41.9 Å². The van der Waals surface area contributed by atoms with Crippen molar-refractivity contribution < 1.29 is 19.1 Å². The Labute approximate surface area is 228 Å². The molecule has 2 amide bonds. The van der Waals surface area contributed by atoms with Crippen molar-refractivity contribution in [3.63, 3.8) is 0 Å². The summed E-state index contributed by atoms with van der Waals surface area (Å²) >= 11 is 5.35. The van der Waals surface area contributed by atoms with Gasteiger partial charge in [-0.3, -0.25) is 19.8 Å². The number of rotatable bonds is 8. The lowest BCUT2D eigenvalue weighted by Crippen LogP contribution is -2.54.